The molecular weight excluding hydrogens is 248 g/mol. The Bertz CT molecular complexity index is 386. The van der Waals surface area contributed by atoms with E-state index in [0.29, 0.717) is 18.5 Å². The molecule has 19 heavy (non-hydrogen) atoms. The first-order chi connectivity index (χ1) is 8.90. The first-order valence-electron chi connectivity index (χ1n) is 6.42. The molecule has 1 fully saturated rings. The molecule has 0 aromatic heterocycles. The summed E-state index contributed by atoms with van der Waals surface area (Å²) in [5, 5.41) is 10.6. The van der Waals surface area contributed by atoms with Crippen LogP contribution in [0, 0.1) is 5.92 Å². The number of nitrogens with zero attached hydrogens (tertiary/aromatic N) is 1. The van der Waals surface area contributed by atoms with Gasteiger partial charge in [-0.05, 0) is 25.2 Å². The van der Waals surface area contributed by atoms with Crippen molar-refractivity contribution < 1.29 is 19.5 Å². The molecule has 0 saturated heterocycles. The number of carbonyl (C=O) groups excluding carboxylic acids is 2. The number of hydrogen-bond acceptors (Lipinski definition) is 3. The first kappa shape index (κ1) is 15.2. The van der Waals surface area contributed by atoms with Gasteiger partial charge in [-0.1, -0.05) is 13.8 Å². The van der Waals surface area contributed by atoms with E-state index >= 15 is 0 Å². The third-order valence-electron chi connectivity index (χ3n) is 2.80. The van der Waals surface area contributed by atoms with Gasteiger partial charge >= 0.3 is 12.0 Å². The summed E-state index contributed by atoms with van der Waals surface area (Å²) in [6, 6.07) is -0.224. The molecule has 0 aromatic rings. The second-order valence-electron chi connectivity index (χ2n) is 5.07. The summed E-state index contributed by atoms with van der Waals surface area (Å²) in [6.07, 6.45) is 4.35. The summed E-state index contributed by atoms with van der Waals surface area (Å²) in [7, 11) is 0. The molecule has 0 aliphatic heterocycles. The molecule has 0 heterocycles. The lowest BCUT2D eigenvalue weighted by Gasteiger charge is -2.22. The number of nitrogens with one attached hydrogen (secondary N) is 1. The highest BCUT2D eigenvalue weighted by molar-refractivity contribution is 6.02. The van der Waals surface area contributed by atoms with Gasteiger partial charge < -0.3 is 10.0 Å². The molecule has 106 valence electrons. The topological polar surface area (TPSA) is 86.7 Å². The third kappa shape index (κ3) is 6.03. The van der Waals surface area contributed by atoms with E-state index in [1.54, 1.807) is 4.90 Å². The first-order valence-corrected chi connectivity index (χ1v) is 6.42. The molecule has 0 radical (unpaired) electrons. The Hall–Kier alpha value is -1.85. The monoisotopic (exact) mass is 268 g/mol. The molecule has 1 aliphatic carbocycles. The number of aliphatic carboxylic acids is 1. The Balaban J connectivity index is 2.48. The smallest absolute Gasteiger partial charge is 0.328 e. The van der Waals surface area contributed by atoms with Crippen LogP contribution < -0.4 is 5.32 Å². The highest BCUT2D eigenvalue weighted by Gasteiger charge is 2.32. The number of carbonyl (C=O) groups is 3. The largest absolute Gasteiger partial charge is 0.478 e. The molecule has 0 bridgehead atoms. The Kier molecular flexibility index (Phi) is 5.54. The van der Waals surface area contributed by atoms with Gasteiger partial charge in [0, 0.05) is 24.7 Å². The average Bonchev–Trinajstić information content (AvgIpc) is 3.10. The molecule has 0 unspecified atom stereocenters. The number of hydrogen-bond donors (Lipinski definition) is 2. The van der Waals surface area contributed by atoms with Gasteiger partial charge in [0.2, 0.25) is 0 Å². The SMILES string of the molecule is CC(C)CCN(C(=O)NC(=O)/C=C/C(=O)O)C1CC1. The van der Waals surface area contributed by atoms with E-state index < -0.39 is 17.9 Å². The minimum absolute atomic E-state index is 0.218. The van der Waals surface area contributed by atoms with Crippen LogP contribution in [0.1, 0.15) is 33.1 Å². The zero-order valence-corrected chi connectivity index (χ0v) is 11.3. The van der Waals surface area contributed by atoms with Crippen LogP contribution in [0.5, 0.6) is 0 Å². The standard InChI is InChI=1S/C13H20N2O4/c1-9(2)7-8-15(10-3-4-10)13(19)14-11(16)5-6-12(17)18/h5-6,9-10H,3-4,7-8H2,1-2H3,(H,17,18)(H,14,16,19)/b6-5+. The number of rotatable bonds is 6. The molecule has 6 heteroatoms. The highest BCUT2D eigenvalue weighted by atomic mass is 16.4. The van der Waals surface area contributed by atoms with Gasteiger partial charge in [-0.2, -0.15) is 0 Å². The minimum atomic E-state index is -1.22. The van der Waals surface area contributed by atoms with Crippen molar-refractivity contribution in [2.24, 2.45) is 5.92 Å². The zero-order valence-electron chi connectivity index (χ0n) is 11.3. The van der Waals surface area contributed by atoms with E-state index in [1.807, 2.05) is 0 Å². The maximum atomic E-state index is 11.9. The van der Waals surface area contributed by atoms with E-state index in [-0.39, 0.29) is 6.04 Å². The van der Waals surface area contributed by atoms with E-state index in [1.165, 1.54) is 0 Å². The van der Waals surface area contributed by atoms with E-state index in [2.05, 4.69) is 19.2 Å². The maximum Gasteiger partial charge on any atom is 0.328 e. The van der Waals surface area contributed by atoms with Crippen molar-refractivity contribution in [2.75, 3.05) is 6.54 Å². The molecule has 0 aromatic carbocycles. The summed E-state index contributed by atoms with van der Waals surface area (Å²) in [5.41, 5.74) is 0. The molecule has 2 N–H and O–H groups in total. The van der Waals surface area contributed by atoms with E-state index in [9.17, 15) is 14.4 Å². The van der Waals surface area contributed by atoms with Crippen molar-refractivity contribution in [3.8, 4) is 0 Å². The van der Waals surface area contributed by atoms with Gasteiger partial charge in [-0.25, -0.2) is 9.59 Å². The normalized spacial score (nSPS) is 14.7. The van der Waals surface area contributed by atoms with E-state index in [0.717, 1.165) is 25.3 Å². The van der Waals surface area contributed by atoms with Gasteiger partial charge in [-0.15, -0.1) is 0 Å². The maximum absolute atomic E-state index is 11.9. The molecule has 6 nitrogen and oxygen atoms in total. The van der Waals surface area contributed by atoms with Crippen LogP contribution in [-0.2, 0) is 9.59 Å². The fourth-order valence-corrected chi connectivity index (χ4v) is 1.60. The fraction of sp³-hybridized carbons (Fsp3) is 0.615. The fourth-order valence-electron chi connectivity index (χ4n) is 1.60. The van der Waals surface area contributed by atoms with Crippen LogP contribution in [0.4, 0.5) is 4.79 Å². The second-order valence-corrected chi connectivity index (χ2v) is 5.07. The number of imide groups is 1. The van der Waals surface area contributed by atoms with Crippen molar-refractivity contribution in [1.82, 2.24) is 10.2 Å². The number of amides is 3. The van der Waals surface area contributed by atoms with Gasteiger partial charge in [0.05, 0.1) is 0 Å². The van der Waals surface area contributed by atoms with Crippen LogP contribution >= 0.6 is 0 Å². The minimum Gasteiger partial charge on any atom is -0.478 e. The highest BCUT2D eigenvalue weighted by Crippen LogP contribution is 2.27. The Morgan fingerprint density at radius 2 is 1.95 bits per heavy atom. The van der Waals surface area contributed by atoms with Gasteiger partial charge in [0.25, 0.3) is 5.91 Å². The number of urea groups is 1. The van der Waals surface area contributed by atoms with Crippen molar-refractivity contribution in [1.29, 1.82) is 0 Å². The summed E-state index contributed by atoms with van der Waals surface area (Å²) in [6.45, 7) is 4.76. The predicted octanol–water partition coefficient (Wildman–Crippen LogP) is 1.37. The van der Waals surface area contributed by atoms with Crippen LogP contribution in [0.15, 0.2) is 12.2 Å². The molecule has 0 spiro atoms. The van der Waals surface area contributed by atoms with Gasteiger partial charge in [0.15, 0.2) is 0 Å². The van der Waals surface area contributed by atoms with Crippen LogP contribution in [0.3, 0.4) is 0 Å². The van der Waals surface area contributed by atoms with Crippen molar-refractivity contribution in [2.45, 2.75) is 39.2 Å². The lowest BCUT2D eigenvalue weighted by Crippen LogP contribution is -2.44. The Morgan fingerprint density at radius 1 is 1.32 bits per heavy atom. The van der Waals surface area contributed by atoms with Crippen molar-refractivity contribution >= 4 is 17.9 Å². The Morgan fingerprint density at radius 3 is 2.42 bits per heavy atom. The summed E-state index contributed by atoms with van der Waals surface area (Å²) in [5.74, 6) is -1.44. The van der Waals surface area contributed by atoms with Gasteiger partial charge in [0.1, 0.15) is 0 Å². The summed E-state index contributed by atoms with van der Waals surface area (Å²) in [4.78, 5) is 35.2. The van der Waals surface area contributed by atoms with Gasteiger partial charge in [-0.3, -0.25) is 10.1 Å². The summed E-state index contributed by atoms with van der Waals surface area (Å²) < 4.78 is 0. The van der Waals surface area contributed by atoms with Crippen LogP contribution in [0.25, 0.3) is 0 Å². The van der Waals surface area contributed by atoms with Crippen LogP contribution in [0.2, 0.25) is 0 Å². The lowest BCUT2D eigenvalue weighted by atomic mass is 10.1. The molecule has 1 rings (SSSR count). The van der Waals surface area contributed by atoms with E-state index in [4.69, 9.17) is 5.11 Å². The molecule has 1 saturated carbocycles. The molecule has 1 aliphatic rings. The molecular formula is C13H20N2O4. The molecule has 0 atom stereocenters. The quantitative estimate of drug-likeness (QED) is 0.712. The zero-order chi connectivity index (χ0) is 14.4. The number of carboxylic acid groups (broad SMARTS) is 1. The second kappa shape index (κ2) is 6.92. The third-order valence-corrected chi connectivity index (χ3v) is 2.80. The lowest BCUT2D eigenvalue weighted by molar-refractivity contribution is -0.131. The van der Waals surface area contributed by atoms with Crippen molar-refractivity contribution in [3.05, 3.63) is 12.2 Å². The predicted molar refractivity (Wildman–Crippen MR) is 69.5 cm³/mol. The van der Waals surface area contributed by atoms with Crippen LogP contribution in [-0.4, -0.2) is 40.5 Å². The van der Waals surface area contributed by atoms with Crippen molar-refractivity contribution in [3.63, 3.8) is 0 Å². The Labute approximate surface area is 112 Å². The summed E-state index contributed by atoms with van der Waals surface area (Å²) >= 11 is 0. The number of carboxylic acids is 1. The molecule has 3 amide bonds. The average molecular weight is 268 g/mol.